The molecule has 2 aromatic carbocycles. The SMILES string of the molecule is CN1C(=O)[C@H](NC(=O)c2cc(Cc3ccccc3)[nH]n2)[C@@H]2CC2c2ccccc21. The average Bonchev–Trinajstić information content (AvgIpc) is 3.41. The van der Waals surface area contributed by atoms with Crippen molar-refractivity contribution in [3.05, 3.63) is 83.2 Å². The van der Waals surface area contributed by atoms with Gasteiger partial charge in [-0.15, -0.1) is 0 Å². The maximum absolute atomic E-state index is 13.0. The van der Waals surface area contributed by atoms with Gasteiger partial charge in [-0.05, 0) is 41.5 Å². The van der Waals surface area contributed by atoms with E-state index in [0.717, 1.165) is 23.4 Å². The van der Waals surface area contributed by atoms with Crippen LogP contribution in [0.1, 0.15) is 39.6 Å². The highest BCUT2D eigenvalue weighted by Crippen LogP contribution is 2.54. The third-order valence-electron chi connectivity index (χ3n) is 5.95. The molecule has 0 saturated heterocycles. The number of nitrogens with zero attached hydrogens (tertiary/aromatic N) is 2. The van der Waals surface area contributed by atoms with Crippen molar-refractivity contribution in [2.75, 3.05) is 11.9 Å². The monoisotopic (exact) mass is 386 g/mol. The van der Waals surface area contributed by atoms with Crippen LogP contribution in [0, 0.1) is 5.92 Å². The van der Waals surface area contributed by atoms with Gasteiger partial charge < -0.3 is 10.2 Å². The predicted octanol–water partition coefficient (Wildman–Crippen LogP) is 2.88. The van der Waals surface area contributed by atoms with E-state index in [1.807, 2.05) is 48.5 Å². The van der Waals surface area contributed by atoms with Gasteiger partial charge in [0.25, 0.3) is 5.91 Å². The second kappa shape index (κ2) is 6.88. The topological polar surface area (TPSA) is 78.1 Å². The molecule has 5 rings (SSSR count). The summed E-state index contributed by atoms with van der Waals surface area (Å²) in [4.78, 5) is 27.5. The van der Waals surface area contributed by atoms with Crippen LogP contribution in [0.15, 0.2) is 60.7 Å². The minimum Gasteiger partial charge on any atom is -0.339 e. The lowest BCUT2D eigenvalue weighted by Crippen LogP contribution is -2.48. The number of para-hydroxylation sites is 1. The van der Waals surface area contributed by atoms with Crippen LogP contribution in [0.3, 0.4) is 0 Å². The fourth-order valence-corrected chi connectivity index (χ4v) is 4.33. The first-order valence-electron chi connectivity index (χ1n) is 9.87. The molecule has 0 radical (unpaired) electrons. The minimum absolute atomic E-state index is 0.0733. The molecule has 146 valence electrons. The van der Waals surface area contributed by atoms with Crippen molar-refractivity contribution in [2.24, 2.45) is 5.92 Å². The lowest BCUT2D eigenvalue weighted by molar-refractivity contribution is -0.120. The van der Waals surface area contributed by atoms with E-state index in [9.17, 15) is 9.59 Å². The number of hydrogen-bond donors (Lipinski definition) is 2. The van der Waals surface area contributed by atoms with Crippen LogP contribution in [0.4, 0.5) is 5.69 Å². The summed E-state index contributed by atoms with van der Waals surface area (Å²) in [5.74, 6) is 0.0678. The van der Waals surface area contributed by atoms with Crippen LogP contribution in [0.25, 0.3) is 0 Å². The lowest BCUT2D eigenvalue weighted by Gasteiger charge is -2.23. The Hall–Kier alpha value is -3.41. The van der Waals surface area contributed by atoms with Gasteiger partial charge in [0.1, 0.15) is 11.7 Å². The number of benzene rings is 2. The van der Waals surface area contributed by atoms with Gasteiger partial charge in [0.2, 0.25) is 5.91 Å². The van der Waals surface area contributed by atoms with E-state index < -0.39 is 6.04 Å². The van der Waals surface area contributed by atoms with Crippen molar-refractivity contribution in [3.63, 3.8) is 0 Å². The van der Waals surface area contributed by atoms with E-state index in [2.05, 4.69) is 21.6 Å². The highest BCUT2D eigenvalue weighted by atomic mass is 16.2. The number of fused-ring (bicyclic) bond motifs is 3. The number of nitrogens with one attached hydrogen (secondary N) is 2. The number of aromatic amines is 1. The Morgan fingerprint density at radius 3 is 2.76 bits per heavy atom. The molecule has 1 fully saturated rings. The number of aromatic nitrogens is 2. The Kier molecular flexibility index (Phi) is 4.19. The third-order valence-corrected chi connectivity index (χ3v) is 5.95. The Morgan fingerprint density at radius 1 is 1.17 bits per heavy atom. The molecule has 6 nitrogen and oxygen atoms in total. The Morgan fingerprint density at radius 2 is 1.93 bits per heavy atom. The van der Waals surface area contributed by atoms with E-state index in [0.29, 0.717) is 18.0 Å². The van der Waals surface area contributed by atoms with Gasteiger partial charge in [0.05, 0.1) is 0 Å². The molecule has 1 aliphatic heterocycles. The number of amides is 2. The highest BCUT2D eigenvalue weighted by Gasteiger charge is 2.51. The maximum atomic E-state index is 13.0. The number of H-pyrrole nitrogens is 1. The van der Waals surface area contributed by atoms with Crippen LogP contribution in [-0.4, -0.2) is 35.1 Å². The number of rotatable bonds is 4. The van der Waals surface area contributed by atoms with E-state index >= 15 is 0 Å². The molecule has 1 aromatic heterocycles. The fraction of sp³-hybridized carbons (Fsp3) is 0.261. The van der Waals surface area contributed by atoms with Crippen LogP contribution in [0.5, 0.6) is 0 Å². The standard InChI is InChI=1S/C23H22N4O2/c1-27-20-10-6-5-9-16(20)17-13-18(17)21(23(27)29)24-22(28)19-12-15(25-26-19)11-14-7-3-2-4-8-14/h2-10,12,17-18,21H,11,13H2,1H3,(H,24,28)(H,25,26)/t17?,18-,21-/m1/s1. The average molecular weight is 386 g/mol. The fourth-order valence-electron chi connectivity index (χ4n) is 4.33. The molecule has 2 amide bonds. The summed E-state index contributed by atoms with van der Waals surface area (Å²) < 4.78 is 0. The van der Waals surface area contributed by atoms with Crippen LogP contribution in [-0.2, 0) is 11.2 Å². The van der Waals surface area contributed by atoms with Crippen LogP contribution in [0.2, 0.25) is 0 Å². The zero-order chi connectivity index (χ0) is 20.0. The van der Waals surface area contributed by atoms with Crippen molar-refractivity contribution in [1.29, 1.82) is 0 Å². The smallest absolute Gasteiger partial charge is 0.272 e. The van der Waals surface area contributed by atoms with Crippen LogP contribution < -0.4 is 10.2 Å². The Bertz CT molecular complexity index is 1080. The molecule has 1 saturated carbocycles. The molecule has 6 heteroatoms. The van der Waals surface area contributed by atoms with Gasteiger partial charge in [-0.1, -0.05) is 48.5 Å². The quantitative estimate of drug-likeness (QED) is 0.724. The number of carbonyl (C=O) groups excluding carboxylic acids is 2. The predicted molar refractivity (Wildman–Crippen MR) is 110 cm³/mol. The molecule has 1 unspecified atom stereocenters. The van der Waals surface area contributed by atoms with Gasteiger partial charge in [-0.3, -0.25) is 14.7 Å². The van der Waals surface area contributed by atoms with E-state index in [4.69, 9.17) is 0 Å². The van der Waals surface area contributed by atoms with Gasteiger partial charge in [-0.2, -0.15) is 5.10 Å². The molecular weight excluding hydrogens is 364 g/mol. The first-order chi connectivity index (χ1) is 14.1. The summed E-state index contributed by atoms with van der Waals surface area (Å²) in [7, 11) is 1.78. The molecule has 2 N–H and O–H groups in total. The Balaban J connectivity index is 1.32. The second-order valence-corrected chi connectivity index (χ2v) is 7.85. The van der Waals surface area contributed by atoms with Crippen molar-refractivity contribution in [1.82, 2.24) is 15.5 Å². The summed E-state index contributed by atoms with van der Waals surface area (Å²) >= 11 is 0. The van der Waals surface area contributed by atoms with Gasteiger partial charge in [0, 0.05) is 24.8 Å². The summed E-state index contributed by atoms with van der Waals surface area (Å²) in [5, 5.41) is 10.0. The molecular formula is C23H22N4O2. The molecule has 1 aliphatic carbocycles. The highest BCUT2D eigenvalue weighted by molar-refractivity contribution is 6.03. The normalized spacial score (nSPS) is 22.4. The van der Waals surface area contributed by atoms with Crippen molar-refractivity contribution >= 4 is 17.5 Å². The number of anilines is 1. The number of likely N-dealkylation sites (N-methyl/N-ethyl adjacent to an activating group) is 1. The summed E-state index contributed by atoms with van der Waals surface area (Å²) in [6, 6.07) is 19.2. The van der Waals surface area contributed by atoms with Crippen molar-refractivity contribution in [3.8, 4) is 0 Å². The van der Waals surface area contributed by atoms with Crippen LogP contribution >= 0.6 is 0 Å². The van der Waals surface area contributed by atoms with E-state index in [1.165, 1.54) is 5.56 Å². The first kappa shape index (κ1) is 17.7. The zero-order valence-electron chi connectivity index (χ0n) is 16.1. The number of carbonyl (C=O) groups is 2. The molecule has 2 aliphatic rings. The molecule has 0 bridgehead atoms. The third kappa shape index (κ3) is 3.20. The maximum Gasteiger partial charge on any atom is 0.272 e. The Labute approximate surface area is 168 Å². The van der Waals surface area contributed by atoms with Crippen molar-refractivity contribution in [2.45, 2.75) is 24.8 Å². The minimum atomic E-state index is -0.529. The molecule has 3 aromatic rings. The molecule has 0 spiro atoms. The number of hydrogen-bond acceptors (Lipinski definition) is 3. The zero-order valence-corrected chi connectivity index (χ0v) is 16.1. The van der Waals surface area contributed by atoms with Crippen molar-refractivity contribution < 1.29 is 9.59 Å². The second-order valence-electron chi connectivity index (χ2n) is 7.85. The van der Waals surface area contributed by atoms with Gasteiger partial charge in [0.15, 0.2) is 0 Å². The summed E-state index contributed by atoms with van der Waals surface area (Å²) in [6.07, 6.45) is 1.59. The van der Waals surface area contributed by atoms with Gasteiger partial charge >= 0.3 is 0 Å². The first-order valence-corrected chi connectivity index (χ1v) is 9.87. The van der Waals surface area contributed by atoms with E-state index in [1.54, 1.807) is 18.0 Å². The largest absolute Gasteiger partial charge is 0.339 e. The lowest BCUT2D eigenvalue weighted by atomic mass is 10.1. The van der Waals surface area contributed by atoms with Gasteiger partial charge in [-0.25, -0.2) is 0 Å². The van der Waals surface area contributed by atoms with E-state index in [-0.39, 0.29) is 17.7 Å². The molecule has 2 heterocycles. The summed E-state index contributed by atoms with van der Waals surface area (Å²) in [5.41, 5.74) is 4.44. The summed E-state index contributed by atoms with van der Waals surface area (Å²) in [6.45, 7) is 0. The molecule has 29 heavy (non-hydrogen) atoms. The molecule has 3 atom stereocenters.